The normalized spacial score (nSPS) is 23.5. The van der Waals surface area contributed by atoms with E-state index in [9.17, 15) is 0 Å². The summed E-state index contributed by atoms with van der Waals surface area (Å²) < 4.78 is 10.6. The second-order valence-electron chi connectivity index (χ2n) is 3.67. The molecule has 3 heteroatoms. The van der Waals surface area contributed by atoms with Crippen molar-refractivity contribution in [3.8, 4) is 0 Å². The van der Waals surface area contributed by atoms with Crippen molar-refractivity contribution >= 4 is 0 Å². The lowest BCUT2D eigenvalue weighted by atomic mass is 10.2. The molecule has 1 aliphatic carbocycles. The monoisotopic (exact) mass is 183 g/mol. The van der Waals surface area contributed by atoms with Gasteiger partial charge in [0.25, 0.3) is 0 Å². The van der Waals surface area contributed by atoms with Gasteiger partial charge in [-0.1, -0.05) is 12.8 Å². The van der Waals surface area contributed by atoms with Crippen LogP contribution in [-0.2, 0) is 9.47 Å². The van der Waals surface area contributed by atoms with Crippen LogP contribution >= 0.6 is 0 Å². The molecule has 0 radical (unpaired) electrons. The first-order chi connectivity index (χ1) is 6.45. The molecule has 0 bridgehead atoms. The minimum absolute atomic E-state index is 0.687. The van der Waals surface area contributed by atoms with Gasteiger partial charge in [0.15, 0.2) is 0 Å². The zero-order valence-electron chi connectivity index (χ0n) is 7.92. The fourth-order valence-corrected chi connectivity index (χ4v) is 1.87. The van der Waals surface area contributed by atoms with Gasteiger partial charge in [0, 0.05) is 6.04 Å². The van der Waals surface area contributed by atoms with Gasteiger partial charge in [-0.15, -0.1) is 0 Å². The van der Waals surface area contributed by atoms with Crippen LogP contribution in [0, 0.1) is 0 Å². The molecule has 1 N–H and O–H groups in total. The molecule has 3 nitrogen and oxygen atoms in total. The Morgan fingerprint density at radius 1 is 1.31 bits per heavy atom. The van der Waals surface area contributed by atoms with E-state index in [4.69, 9.17) is 9.47 Å². The number of hydrogen-bond donors (Lipinski definition) is 1. The summed E-state index contributed by atoms with van der Waals surface area (Å²) in [5.74, 6) is 0.943. The maximum Gasteiger partial charge on any atom is 0.144 e. The van der Waals surface area contributed by atoms with Crippen molar-refractivity contribution in [1.29, 1.82) is 0 Å². The van der Waals surface area contributed by atoms with E-state index in [0.29, 0.717) is 19.3 Å². The second-order valence-corrected chi connectivity index (χ2v) is 3.67. The lowest BCUT2D eigenvalue weighted by Crippen LogP contribution is -2.29. The Labute approximate surface area is 79.1 Å². The minimum atomic E-state index is 0.687. The van der Waals surface area contributed by atoms with Crippen molar-refractivity contribution in [3.05, 3.63) is 12.0 Å². The maximum atomic E-state index is 5.41. The minimum Gasteiger partial charge on any atom is -0.494 e. The Bertz CT molecular complexity index is 185. The summed E-state index contributed by atoms with van der Waals surface area (Å²) in [4.78, 5) is 0. The third-order valence-corrected chi connectivity index (χ3v) is 2.62. The highest BCUT2D eigenvalue weighted by atomic mass is 16.6. The van der Waals surface area contributed by atoms with E-state index in [1.807, 2.05) is 0 Å². The lowest BCUT2D eigenvalue weighted by molar-refractivity contribution is 0.0804. The molecular formula is C10H17NO2. The summed E-state index contributed by atoms with van der Waals surface area (Å²) >= 11 is 0. The second kappa shape index (κ2) is 4.51. The number of hydrogen-bond acceptors (Lipinski definition) is 3. The lowest BCUT2D eigenvalue weighted by Gasteiger charge is -2.18. The molecule has 74 valence electrons. The molecule has 0 unspecified atom stereocenters. The first-order valence-corrected chi connectivity index (χ1v) is 5.12. The summed E-state index contributed by atoms with van der Waals surface area (Å²) in [6.07, 6.45) is 7.09. The smallest absolute Gasteiger partial charge is 0.144 e. The molecule has 0 spiro atoms. The standard InChI is InChI=1S/C10H17NO2/c1-2-4-9(3-1)11-7-10-8-12-5-6-13-10/h8-9,11H,1-7H2. The van der Waals surface area contributed by atoms with Crippen LogP contribution in [0.5, 0.6) is 0 Å². The molecule has 0 aromatic heterocycles. The van der Waals surface area contributed by atoms with Gasteiger partial charge in [0.2, 0.25) is 0 Å². The summed E-state index contributed by atoms with van der Waals surface area (Å²) in [5.41, 5.74) is 0. The maximum absolute atomic E-state index is 5.41. The molecule has 2 rings (SSSR count). The van der Waals surface area contributed by atoms with E-state index >= 15 is 0 Å². The van der Waals surface area contributed by atoms with Gasteiger partial charge in [-0.3, -0.25) is 0 Å². The third-order valence-electron chi connectivity index (χ3n) is 2.62. The van der Waals surface area contributed by atoms with Gasteiger partial charge >= 0.3 is 0 Å². The van der Waals surface area contributed by atoms with Gasteiger partial charge in [0.1, 0.15) is 25.2 Å². The highest BCUT2D eigenvalue weighted by Gasteiger charge is 2.15. The molecule has 0 amide bonds. The highest BCUT2D eigenvalue weighted by molar-refractivity contribution is 4.93. The SMILES string of the molecule is C1=C(CNC2CCCC2)OCCO1. The van der Waals surface area contributed by atoms with Crippen LogP contribution in [0.3, 0.4) is 0 Å². The Hall–Kier alpha value is -0.700. The van der Waals surface area contributed by atoms with Gasteiger partial charge in [-0.05, 0) is 12.8 Å². The largest absolute Gasteiger partial charge is 0.494 e. The predicted molar refractivity (Wildman–Crippen MR) is 50.2 cm³/mol. The van der Waals surface area contributed by atoms with E-state index in [1.165, 1.54) is 25.7 Å². The molecule has 2 aliphatic rings. The number of nitrogens with one attached hydrogen (secondary N) is 1. The molecule has 13 heavy (non-hydrogen) atoms. The summed E-state index contributed by atoms with van der Waals surface area (Å²) in [5, 5.41) is 3.48. The third kappa shape index (κ3) is 2.62. The Balaban J connectivity index is 1.68. The zero-order valence-corrected chi connectivity index (χ0v) is 7.92. The van der Waals surface area contributed by atoms with Crippen LogP contribution in [0.4, 0.5) is 0 Å². The molecule has 1 heterocycles. The van der Waals surface area contributed by atoms with E-state index in [2.05, 4.69) is 5.32 Å². The van der Waals surface area contributed by atoms with E-state index in [-0.39, 0.29) is 0 Å². The topological polar surface area (TPSA) is 30.5 Å². The first-order valence-electron chi connectivity index (χ1n) is 5.12. The Morgan fingerprint density at radius 2 is 2.15 bits per heavy atom. The van der Waals surface area contributed by atoms with Crippen LogP contribution in [0.25, 0.3) is 0 Å². The Morgan fingerprint density at radius 3 is 2.85 bits per heavy atom. The summed E-state index contributed by atoms with van der Waals surface area (Å²) in [7, 11) is 0. The first kappa shape index (κ1) is 8.88. The highest BCUT2D eigenvalue weighted by Crippen LogP contribution is 2.17. The molecular weight excluding hydrogens is 166 g/mol. The van der Waals surface area contributed by atoms with E-state index < -0.39 is 0 Å². The van der Waals surface area contributed by atoms with Crippen molar-refractivity contribution in [2.45, 2.75) is 31.7 Å². The van der Waals surface area contributed by atoms with Crippen LogP contribution < -0.4 is 5.32 Å². The molecule has 1 fully saturated rings. The molecule has 0 atom stereocenters. The molecule has 1 saturated carbocycles. The van der Waals surface area contributed by atoms with E-state index in [1.54, 1.807) is 6.26 Å². The summed E-state index contributed by atoms with van der Waals surface area (Å²) in [6, 6.07) is 0.700. The van der Waals surface area contributed by atoms with Crippen LogP contribution in [0.15, 0.2) is 12.0 Å². The fourth-order valence-electron chi connectivity index (χ4n) is 1.87. The van der Waals surface area contributed by atoms with Crippen LogP contribution in [0.1, 0.15) is 25.7 Å². The van der Waals surface area contributed by atoms with Crippen molar-refractivity contribution in [1.82, 2.24) is 5.32 Å². The van der Waals surface area contributed by atoms with Crippen LogP contribution in [-0.4, -0.2) is 25.8 Å². The van der Waals surface area contributed by atoms with E-state index in [0.717, 1.165) is 12.3 Å². The molecule has 0 aromatic rings. The quantitative estimate of drug-likeness (QED) is 0.717. The van der Waals surface area contributed by atoms with Crippen molar-refractivity contribution < 1.29 is 9.47 Å². The Kier molecular flexibility index (Phi) is 3.08. The van der Waals surface area contributed by atoms with Crippen molar-refractivity contribution in [2.24, 2.45) is 0 Å². The average Bonchev–Trinajstić information content (AvgIpc) is 2.69. The number of ether oxygens (including phenoxy) is 2. The van der Waals surface area contributed by atoms with Gasteiger partial charge < -0.3 is 14.8 Å². The van der Waals surface area contributed by atoms with Gasteiger partial charge in [-0.2, -0.15) is 0 Å². The molecule has 1 aliphatic heterocycles. The number of rotatable bonds is 3. The van der Waals surface area contributed by atoms with Crippen LogP contribution in [0.2, 0.25) is 0 Å². The summed E-state index contributed by atoms with van der Waals surface area (Å²) in [6.45, 7) is 2.20. The van der Waals surface area contributed by atoms with Crippen molar-refractivity contribution in [2.75, 3.05) is 19.8 Å². The zero-order chi connectivity index (χ0) is 8.93. The van der Waals surface area contributed by atoms with Gasteiger partial charge in [-0.25, -0.2) is 0 Å². The van der Waals surface area contributed by atoms with Gasteiger partial charge in [0.05, 0.1) is 6.54 Å². The predicted octanol–water partition coefficient (Wildman–Crippen LogP) is 1.41. The average molecular weight is 183 g/mol. The molecule has 0 aromatic carbocycles. The van der Waals surface area contributed by atoms with Crippen molar-refractivity contribution in [3.63, 3.8) is 0 Å². The molecule has 0 saturated heterocycles. The fraction of sp³-hybridized carbons (Fsp3) is 0.800.